The molecular formula is C19H21FN2O4S. The lowest BCUT2D eigenvalue weighted by atomic mass is 10.1. The molecule has 0 saturated carbocycles. The van der Waals surface area contributed by atoms with Crippen LogP contribution in [0.25, 0.3) is 0 Å². The molecule has 0 atom stereocenters. The fraction of sp³-hybridized carbons (Fsp3) is 0.316. The summed E-state index contributed by atoms with van der Waals surface area (Å²) in [6, 6.07) is 12.6. The number of rotatable bonds is 5. The van der Waals surface area contributed by atoms with E-state index < -0.39 is 21.7 Å². The van der Waals surface area contributed by atoms with Crippen LogP contribution in [0.1, 0.15) is 15.9 Å². The van der Waals surface area contributed by atoms with Gasteiger partial charge in [0.15, 0.2) is 0 Å². The van der Waals surface area contributed by atoms with Crippen molar-refractivity contribution < 1.29 is 22.3 Å². The van der Waals surface area contributed by atoms with Crippen molar-refractivity contribution in [3.8, 4) is 0 Å². The van der Waals surface area contributed by atoms with Crippen molar-refractivity contribution in [1.29, 1.82) is 0 Å². The molecular weight excluding hydrogens is 371 g/mol. The Kier molecular flexibility index (Phi) is 5.88. The maximum absolute atomic E-state index is 14.3. The van der Waals surface area contributed by atoms with Gasteiger partial charge in [0.05, 0.1) is 23.7 Å². The van der Waals surface area contributed by atoms with Gasteiger partial charge in [0.2, 0.25) is 10.0 Å². The molecule has 0 aliphatic carbocycles. The molecule has 2 aromatic carbocycles. The number of ether oxygens (including phenoxy) is 1. The number of hydrogen-bond donors (Lipinski definition) is 0. The van der Waals surface area contributed by atoms with Crippen molar-refractivity contribution in [3.05, 3.63) is 65.5 Å². The normalized spacial score (nSPS) is 15.5. The Balaban J connectivity index is 1.85. The molecule has 0 bridgehead atoms. The Morgan fingerprint density at radius 1 is 1.15 bits per heavy atom. The Hall–Kier alpha value is -2.29. The van der Waals surface area contributed by atoms with E-state index in [0.717, 1.165) is 17.7 Å². The molecule has 8 heteroatoms. The number of sulfonamides is 1. The van der Waals surface area contributed by atoms with Crippen LogP contribution in [-0.2, 0) is 21.3 Å². The molecule has 0 unspecified atom stereocenters. The van der Waals surface area contributed by atoms with Gasteiger partial charge in [0, 0.05) is 26.7 Å². The molecule has 1 saturated heterocycles. The minimum atomic E-state index is -3.80. The lowest BCUT2D eigenvalue weighted by Gasteiger charge is -2.26. The van der Waals surface area contributed by atoms with E-state index in [1.807, 2.05) is 30.3 Å². The van der Waals surface area contributed by atoms with Gasteiger partial charge < -0.3 is 9.64 Å². The van der Waals surface area contributed by atoms with Crippen molar-refractivity contribution in [2.75, 3.05) is 33.4 Å². The predicted molar refractivity (Wildman–Crippen MR) is 98.2 cm³/mol. The Morgan fingerprint density at radius 2 is 1.81 bits per heavy atom. The van der Waals surface area contributed by atoms with Crippen molar-refractivity contribution in [1.82, 2.24) is 9.21 Å². The molecule has 0 spiro atoms. The first kappa shape index (κ1) is 19.5. The first-order valence-corrected chi connectivity index (χ1v) is 10.0. The lowest BCUT2D eigenvalue weighted by Crippen LogP contribution is -2.40. The molecule has 1 aliphatic heterocycles. The molecule has 0 radical (unpaired) electrons. The third kappa shape index (κ3) is 4.35. The van der Waals surface area contributed by atoms with E-state index in [0.29, 0.717) is 19.8 Å². The molecule has 2 aromatic rings. The third-order valence-electron chi connectivity index (χ3n) is 4.39. The van der Waals surface area contributed by atoms with Gasteiger partial charge in [-0.05, 0) is 23.8 Å². The van der Waals surface area contributed by atoms with E-state index in [-0.39, 0.29) is 23.5 Å². The summed E-state index contributed by atoms with van der Waals surface area (Å²) in [5, 5.41) is 0. The fourth-order valence-electron chi connectivity index (χ4n) is 2.90. The highest BCUT2D eigenvalue weighted by Crippen LogP contribution is 2.21. The summed E-state index contributed by atoms with van der Waals surface area (Å²) < 4.78 is 46.2. The van der Waals surface area contributed by atoms with Crippen molar-refractivity contribution in [2.45, 2.75) is 11.4 Å². The molecule has 6 nitrogen and oxygen atoms in total. The Bertz CT molecular complexity index is 913. The third-order valence-corrected chi connectivity index (χ3v) is 6.28. The van der Waals surface area contributed by atoms with Crippen LogP contribution in [0.3, 0.4) is 0 Å². The van der Waals surface area contributed by atoms with Crippen molar-refractivity contribution >= 4 is 15.9 Å². The second kappa shape index (κ2) is 8.16. The van der Waals surface area contributed by atoms with Crippen molar-refractivity contribution in [3.63, 3.8) is 0 Å². The molecule has 0 aromatic heterocycles. The minimum absolute atomic E-state index is 0.0951. The number of carbonyl (C=O) groups excluding carboxylic acids is 1. The smallest absolute Gasteiger partial charge is 0.256 e. The zero-order chi connectivity index (χ0) is 19.4. The highest BCUT2D eigenvalue weighted by Gasteiger charge is 2.28. The quantitative estimate of drug-likeness (QED) is 0.782. The van der Waals surface area contributed by atoms with Gasteiger partial charge >= 0.3 is 0 Å². The van der Waals surface area contributed by atoms with E-state index in [1.54, 1.807) is 7.05 Å². The number of hydrogen-bond acceptors (Lipinski definition) is 4. The van der Waals surface area contributed by atoms with E-state index in [4.69, 9.17) is 4.74 Å². The fourth-order valence-corrected chi connectivity index (χ4v) is 4.33. The second-order valence-electron chi connectivity index (χ2n) is 6.30. The van der Waals surface area contributed by atoms with Gasteiger partial charge in [-0.15, -0.1) is 0 Å². The molecule has 3 rings (SSSR count). The zero-order valence-corrected chi connectivity index (χ0v) is 15.8. The van der Waals surface area contributed by atoms with Crippen LogP contribution >= 0.6 is 0 Å². The molecule has 1 fully saturated rings. The standard InChI is InChI=1S/C19H21FN2O4S/c1-21(14-15-5-3-2-4-6-15)19(23)17-13-16(7-8-18(17)20)27(24,25)22-9-11-26-12-10-22/h2-8,13H,9-12,14H2,1H3. The van der Waals surface area contributed by atoms with Crippen LogP contribution in [0.5, 0.6) is 0 Å². The number of amides is 1. The van der Waals surface area contributed by atoms with Gasteiger partial charge in [-0.3, -0.25) is 4.79 Å². The topological polar surface area (TPSA) is 66.9 Å². The van der Waals surface area contributed by atoms with Gasteiger partial charge in [-0.1, -0.05) is 30.3 Å². The van der Waals surface area contributed by atoms with Gasteiger partial charge in [-0.25, -0.2) is 12.8 Å². The highest BCUT2D eigenvalue weighted by molar-refractivity contribution is 7.89. The first-order valence-electron chi connectivity index (χ1n) is 8.56. The van der Waals surface area contributed by atoms with E-state index in [9.17, 15) is 17.6 Å². The summed E-state index contributed by atoms with van der Waals surface area (Å²) in [6.45, 7) is 1.38. The SMILES string of the molecule is CN(Cc1ccccc1)C(=O)c1cc(S(=O)(=O)N2CCOCC2)ccc1F. The van der Waals surface area contributed by atoms with Crippen LogP contribution in [0.4, 0.5) is 4.39 Å². The summed E-state index contributed by atoms with van der Waals surface area (Å²) in [5.74, 6) is -1.32. The lowest BCUT2D eigenvalue weighted by molar-refractivity contribution is 0.0730. The summed E-state index contributed by atoms with van der Waals surface area (Å²) in [7, 11) is -2.25. The van der Waals surface area contributed by atoms with E-state index in [1.165, 1.54) is 15.3 Å². The second-order valence-corrected chi connectivity index (χ2v) is 8.24. The number of morpholine rings is 1. The van der Waals surface area contributed by atoms with E-state index >= 15 is 0 Å². The van der Waals surface area contributed by atoms with Gasteiger partial charge in [-0.2, -0.15) is 4.31 Å². The van der Waals surface area contributed by atoms with Crippen LogP contribution < -0.4 is 0 Å². The molecule has 0 N–H and O–H groups in total. The largest absolute Gasteiger partial charge is 0.379 e. The molecule has 144 valence electrons. The maximum Gasteiger partial charge on any atom is 0.256 e. The summed E-state index contributed by atoms with van der Waals surface area (Å²) >= 11 is 0. The average molecular weight is 392 g/mol. The predicted octanol–water partition coefficient (Wildman–Crippen LogP) is 2.12. The molecule has 1 aliphatic rings. The van der Waals surface area contributed by atoms with E-state index in [2.05, 4.69) is 0 Å². The zero-order valence-electron chi connectivity index (χ0n) is 15.0. The number of benzene rings is 2. The minimum Gasteiger partial charge on any atom is -0.379 e. The monoisotopic (exact) mass is 392 g/mol. The van der Waals surface area contributed by atoms with Crippen LogP contribution in [0, 0.1) is 5.82 Å². The molecule has 27 heavy (non-hydrogen) atoms. The summed E-state index contributed by atoms with van der Waals surface area (Å²) in [4.78, 5) is 13.9. The highest BCUT2D eigenvalue weighted by atomic mass is 32.2. The van der Waals surface area contributed by atoms with Crippen molar-refractivity contribution in [2.24, 2.45) is 0 Å². The number of nitrogens with zero attached hydrogens (tertiary/aromatic N) is 2. The van der Waals surface area contributed by atoms with Crippen LogP contribution in [0.15, 0.2) is 53.4 Å². The Labute approximate surface area is 158 Å². The maximum atomic E-state index is 14.3. The Morgan fingerprint density at radius 3 is 2.48 bits per heavy atom. The van der Waals surface area contributed by atoms with Crippen LogP contribution in [0.2, 0.25) is 0 Å². The van der Waals surface area contributed by atoms with Gasteiger partial charge in [0.25, 0.3) is 5.91 Å². The van der Waals surface area contributed by atoms with Crippen LogP contribution in [-0.4, -0.2) is 56.9 Å². The molecule has 1 amide bonds. The first-order chi connectivity index (χ1) is 12.9. The summed E-state index contributed by atoms with van der Waals surface area (Å²) in [6.07, 6.45) is 0. The number of carbonyl (C=O) groups is 1. The average Bonchev–Trinajstić information content (AvgIpc) is 2.69. The van der Waals surface area contributed by atoms with Gasteiger partial charge in [0.1, 0.15) is 5.82 Å². The summed E-state index contributed by atoms with van der Waals surface area (Å²) in [5.41, 5.74) is 0.633. The number of halogens is 1. The molecule has 1 heterocycles.